The topological polar surface area (TPSA) is 60.9 Å². The average Bonchev–Trinajstić information content (AvgIpc) is 2.75. The van der Waals surface area contributed by atoms with Gasteiger partial charge < -0.3 is 5.73 Å². The van der Waals surface area contributed by atoms with Crippen molar-refractivity contribution in [1.82, 2.24) is 9.78 Å². The molecule has 0 aliphatic rings. The molecule has 0 saturated carbocycles. The van der Waals surface area contributed by atoms with E-state index in [1.165, 1.54) is 0 Å². The minimum absolute atomic E-state index is 0.302. The number of nitrogens with zero attached hydrogens (tertiary/aromatic N) is 2. The molecule has 0 fully saturated rings. The lowest BCUT2D eigenvalue weighted by molar-refractivity contribution is -0.118. The number of hydrogen-bond acceptors (Lipinski definition) is 3. The lowest BCUT2D eigenvalue weighted by Gasteiger charge is -2.05. The number of unbranched alkanes of at least 4 members (excludes halogenated alkanes) is 3. The van der Waals surface area contributed by atoms with E-state index in [4.69, 9.17) is 5.73 Å². The Bertz CT molecular complexity index is 429. The van der Waals surface area contributed by atoms with Gasteiger partial charge in [0.25, 0.3) is 0 Å². The van der Waals surface area contributed by atoms with Gasteiger partial charge in [-0.25, -0.2) is 0 Å². The molecule has 0 unspecified atom stereocenters. The molecule has 0 atom stereocenters. The Hall–Kier alpha value is -0.680. The zero-order valence-corrected chi connectivity index (χ0v) is 14.2. The van der Waals surface area contributed by atoms with Gasteiger partial charge >= 0.3 is 0 Å². The Balaban J connectivity index is 2.51. The Morgan fingerprint density at radius 3 is 2.55 bits per heavy atom. The van der Waals surface area contributed by atoms with Gasteiger partial charge in [-0.15, -0.1) is 0 Å². The van der Waals surface area contributed by atoms with E-state index in [-0.39, 0.29) is 0 Å². The first-order valence-corrected chi connectivity index (χ1v) is 8.39. The fourth-order valence-electron chi connectivity index (χ4n) is 2.28. The first-order chi connectivity index (χ1) is 9.63. The summed E-state index contributed by atoms with van der Waals surface area (Å²) in [5, 5.41) is 4.52. The van der Waals surface area contributed by atoms with Crippen molar-refractivity contribution in [2.75, 3.05) is 6.54 Å². The molecule has 0 spiro atoms. The number of carbonyl (C=O) groups excluding carboxylic acids is 1. The number of rotatable bonds is 10. The molecule has 0 aliphatic heterocycles. The quantitative estimate of drug-likeness (QED) is 0.663. The second-order valence-electron chi connectivity index (χ2n) is 5.05. The molecule has 0 amide bonds. The molecule has 1 aromatic rings. The molecular weight excluding hydrogens is 318 g/mol. The third kappa shape index (κ3) is 5.02. The number of aromatic nitrogens is 2. The number of carbonyl (C=O) groups is 1. The summed E-state index contributed by atoms with van der Waals surface area (Å²) >= 11 is 3.58. The van der Waals surface area contributed by atoms with Crippen LogP contribution < -0.4 is 5.73 Å². The maximum Gasteiger partial charge on any atom is 0.138 e. The van der Waals surface area contributed by atoms with Crippen LogP contribution >= 0.6 is 15.9 Å². The number of halogens is 1. The first-order valence-electron chi connectivity index (χ1n) is 7.59. The Morgan fingerprint density at radius 2 is 1.95 bits per heavy atom. The van der Waals surface area contributed by atoms with E-state index in [1.54, 1.807) is 0 Å². The van der Waals surface area contributed by atoms with E-state index in [9.17, 15) is 4.79 Å². The highest BCUT2D eigenvalue weighted by Gasteiger charge is 2.16. The Kier molecular flexibility index (Phi) is 8.07. The summed E-state index contributed by atoms with van der Waals surface area (Å²) in [5.41, 5.74) is 7.52. The standard InChI is InChI=1S/C15H26BrN3O/c1-3-13-15(16)14(19(4-2)18-13)11-12(20)9-7-5-6-8-10-17/h3-11,17H2,1-2H3. The highest BCUT2D eigenvalue weighted by Crippen LogP contribution is 2.23. The zero-order valence-electron chi connectivity index (χ0n) is 12.6. The molecule has 0 aromatic carbocycles. The number of nitrogens with two attached hydrogens (primary N) is 1. The van der Waals surface area contributed by atoms with E-state index in [0.717, 1.165) is 61.1 Å². The van der Waals surface area contributed by atoms with Crippen molar-refractivity contribution in [3.8, 4) is 0 Å². The monoisotopic (exact) mass is 343 g/mol. The van der Waals surface area contributed by atoms with Gasteiger partial charge in [-0.2, -0.15) is 5.10 Å². The maximum absolute atomic E-state index is 12.1. The molecule has 114 valence electrons. The van der Waals surface area contributed by atoms with Crippen LogP contribution in [0, 0.1) is 0 Å². The van der Waals surface area contributed by atoms with Crippen LogP contribution in [0.15, 0.2) is 4.47 Å². The normalized spacial score (nSPS) is 11.0. The lowest BCUT2D eigenvalue weighted by Crippen LogP contribution is -2.09. The minimum atomic E-state index is 0.302. The second-order valence-corrected chi connectivity index (χ2v) is 5.84. The molecular formula is C15H26BrN3O. The molecule has 0 radical (unpaired) electrons. The van der Waals surface area contributed by atoms with Gasteiger partial charge in [0.2, 0.25) is 0 Å². The number of hydrogen-bond donors (Lipinski definition) is 1. The molecule has 1 aromatic heterocycles. The predicted molar refractivity (Wildman–Crippen MR) is 85.8 cm³/mol. The molecule has 0 saturated heterocycles. The smallest absolute Gasteiger partial charge is 0.138 e. The number of Topliss-reactive ketones (excluding diaryl/α,β-unsaturated/α-hetero) is 1. The van der Waals surface area contributed by atoms with Gasteiger partial charge in [0.1, 0.15) is 5.78 Å². The number of aryl methyl sites for hydroxylation is 2. The van der Waals surface area contributed by atoms with E-state index in [1.807, 2.05) is 4.68 Å². The molecule has 5 heteroatoms. The fourth-order valence-corrected chi connectivity index (χ4v) is 2.99. The lowest BCUT2D eigenvalue weighted by atomic mass is 10.1. The highest BCUT2D eigenvalue weighted by molar-refractivity contribution is 9.10. The molecule has 1 heterocycles. The fraction of sp³-hybridized carbons (Fsp3) is 0.733. The molecule has 1 rings (SSSR count). The second kappa shape index (κ2) is 9.29. The van der Waals surface area contributed by atoms with Crippen LogP contribution in [0.5, 0.6) is 0 Å². The summed E-state index contributed by atoms with van der Waals surface area (Å²) < 4.78 is 2.95. The van der Waals surface area contributed by atoms with Gasteiger partial charge in [-0.3, -0.25) is 9.48 Å². The van der Waals surface area contributed by atoms with Crippen molar-refractivity contribution >= 4 is 21.7 Å². The maximum atomic E-state index is 12.1. The van der Waals surface area contributed by atoms with Gasteiger partial charge in [0.15, 0.2) is 0 Å². The van der Waals surface area contributed by atoms with Crippen molar-refractivity contribution in [1.29, 1.82) is 0 Å². The Morgan fingerprint density at radius 1 is 1.25 bits per heavy atom. The van der Waals surface area contributed by atoms with Crippen molar-refractivity contribution in [3.05, 3.63) is 15.9 Å². The van der Waals surface area contributed by atoms with Crippen LogP contribution in [0.25, 0.3) is 0 Å². The SMILES string of the molecule is CCc1nn(CC)c(CC(=O)CCCCCCN)c1Br. The molecule has 2 N–H and O–H groups in total. The predicted octanol–water partition coefficient (Wildman–Crippen LogP) is 3.25. The Labute approximate surface area is 130 Å². The van der Waals surface area contributed by atoms with Crippen LogP contribution in [0.1, 0.15) is 57.3 Å². The van der Waals surface area contributed by atoms with E-state index in [2.05, 4.69) is 34.9 Å². The van der Waals surface area contributed by atoms with Crippen LogP contribution in [0.2, 0.25) is 0 Å². The van der Waals surface area contributed by atoms with Crippen molar-refractivity contribution < 1.29 is 4.79 Å². The van der Waals surface area contributed by atoms with E-state index in [0.29, 0.717) is 18.6 Å². The third-order valence-electron chi connectivity index (χ3n) is 3.47. The van der Waals surface area contributed by atoms with Crippen molar-refractivity contribution in [2.45, 2.75) is 65.3 Å². The number of ketones is 1. The summed E-state index contributed by atoms with van der Waals surface area (Å²) in [7, 11) is 0. The molecule has 0 aliphatic carbocycles. The summed E-state index contributed by atoms with van der Waals surface area (Å²) in [6, 6.07) is 0. The van der Waals surface area contributed by atoms with Crippen molar-refractivity contribution in [3.63, 3.8) is 0 Å². The first kappa shape index (κ1) is 17.4. The third-order valence-corrected chi connectivity index (χ3v) is 4.38. The largest absolute Gasteiger partial charge is 0.330 e. The van der Waals surface area contributed by atoms with Gasteiger partial charge in [-0.05, 0) is 48.7 Å². The van der Waals surface area contributed by atoms with E-state index < -0.39 is 0 Å². The molecule has 20 heavy (non-hydrogen) atoms. The van der Waals surface area contributed by atoms with Crippen LogP contribution in [0.3, 0.4) is 0 Å². The molecule has 0 bridgehead atoms. The van der Waals surface area contributed by atoms with Gasteiger partial charge in [0.05, 0.1) is 15.9 Å². The highest BCUT2D eigenvalue weighted by atomic mass is 79.9. The molecule has 4 nitrogen and oxygen atoms in total. The minimum Gasteiger partial charge on any atom is -0.330 e. The average molecular weight is 344 g/mol. The van der Waals surface area contributed by atoms with Crippen molar-refractivity contribution in [2.24, 2.45) is 5.73 Å². The van der Waals surface area contributed by atoms with Crippen LogP contribution in [-0.4, -0.2) is 22.1 Å². The summed E-state index contributed by atoms with van der Waals surface area (Å²) in [4.78, 5) is 12.1. The summed E-state index contributed by atoms with van der Waals surface area (Å²) in [6.45, 7) is 5.68. The van der Waals surface area contributed by atoms with E-state index >= 15 is 0 Å². The van der Waals surface area contributed by atoms with Gasteiger partial charge in [0, 0.05) is 19.4 Å². The summed E-state index contributed by atoms with van der Waals surface area (Å²) in [6.07, 6.45) is 6.27. The van der Waals surface area contributed by atoms with Crippen LogP contribution in [-0.2, 0) is 24.2 Å². The zero-order chi connectivity index (χ0) is 15.0. The van der Waals surface area contributed by atoms with Gasteiger partial charge in [-0.1, -0.05) is 19.8 Å². The van der Waals surface area contributed by atoms with Crippen LogP contribution in [0.4, 0.5) is 0 Å². The summed E-state index contributed by atoms with van der Waals surface area (Å²) in [5.74, 6) is 0.302.